The van der Waals surface area contributed by atoms with Gasteiger partial charge in [-0.25, -0.2) is 4.68 Å². The fourth-order valence-corrected chi connectivity index (χ4v) is 0.952. The van der Waals surface area contributed by atoms with Crippen LogP contribution in [0.25, 0.3) is 0 Å². The van der Waals surface area contributed by atoms with Gasteiger partial charge in [0.05, 0.1) is 11.9 Å². The van der Waals surface area contributed by atoms with E-state index in [1.54, 1.807) is 6.20 Å². The van der Waals surface area contributed by atoms with Gasteiger partial charge in [0.15, 0.2) is 5.78 Å². The summed E-state index contributed by atoms with van der Waals surface area (Å²) in [6, 6.07) is 0. The summed E-state index contributed by atoms with van der Waals surface area (Å²) in [4.78, 5) is 11.2. The fourth-order valence-electron chi connectivity index (χ4n) is 0.952. The van der Waals surface area contributed by atoms with Gasteiger partial charge in [-0.15, -0.1) is 5.10 Å². The molecule has 0 saturated carbocycles. The number of rotatable bonds is 6. The third-order valence-corrected chi connectivity index (χ3v) is 1.60. The molecule has 0 amide bonds. The van der Waals surface area contributed by atoms with E-state index in [0.717, 1.165) is 0 Å². The lowest BCUT2D eigenvalue weighted by Gasteiger charge is -1.99. The van der Waals surface area contributed by atoms with Gasteiger partial charge in [-0.3, -0.25) is 4.79 Å². The largest absolute Gasteiger partial charge is 0.374 e. The van der Waals surface area contributed by atoms with Gasteiger partial charge >= 0.3 is 0 Å². The molecule has 6 heteroatoms. The monoisotopic (exact) mass is 198 g/mol. The van der Waals surface area contributed by atoms with E-state index in [1.165, 1.54) is 4.68 Å². The maximum atomic E-state index is 11.2. The maximum absolute atomic E-state index is 11.2. The molecule has 1 aromatic heterocycles. The van der Waals surface area contributed by atoms with E-state index in [2.05, 4.69) is 10.3 Å². The summed E-state index contributed by atoms with van der Waals surface area (Å²) >= 11 is 0. The van der Waals surface area contributed by atoms with Crippen LogP contribution >= 0.6 is 0 Å². The number of hydrogen-bond acceptors (Lipinski definition) is 5. The number of nitrogens with zero attached hydrogens (tertiary/aromatic N) is 3. The lowest BCUT2D eigenvalue weighted by Crippen LogP contribution is -2.16. The lowest BCUT2D eigenvalue weighted by molar-refractivity contribution is -0.124. The second-order valence-electron chi connectivity index (χ2n) is 2.79. The van der Waals surface area contributed by atoms with Crippen molar-refractivity contribution in [3.63, 3.8) is 0 Å². The van der Waals surface area contributed by atoms with Crippen LogP contribution < -0.4 is 5.73 Å². The van der Waals surface area contributed by atoms with Crippen molar-refractivity contribution in [3.8, 4) is 0 Å². The van der Waals surface area contributed by atoms with Gasteiger partial charge in [-0.1, -0.05) is 5.21 Å². The molecule has 2 N–H and O–H groups in total. The quantitative estimate of drug-likeness (QED) is 0.656. The molecule has 14 heavy (non-hydrogen) atoms. The summed E-state index contributed by atoms with van der Waals surface area (Å²) in [5.41, 5.74) is 6.02. The Bertz CT molecular complexity index is 297. The molecule has 0 aliphatic heterocycles. The Kier molecular flexibility index (Phi) is 4.21. The third-order valence-electron chi connectivity index (χ3n) is 1.60. The van der Waals surface area contributed by atoms with Crippen molar-refractivity contribution in [2.75, 3.05) is 13.2 Å². The van der Waals surface area contributed by atoms with E-state index in [0.29, 0.717) is 18.8 Å². The Balaban J connectivity index is 2.39. The van der Waals surface area contributed by atoms with E-state index >= 15 is 0 Å². The first-order valence-electron chi connectivity index (χ1n) is 4.44. The Labute approximate surface area is 82.0 Å². The third kappa shape index (κ3) is 3.23. The molecule has 0 spiro atoms. The summed E-state index contributed by atoms with van der Waals surface area (Å²) in [5, 5.41) is 7.51. The van der Waals surface area contributed by atoms with Gasteiger partial charge in [-0.2, -0.15) is 0 Å². The molecule has 0 aliphatic carbocycles. The van der Waals surface area contributed by atoms with Crippen molar-refractivity contribution in [2.45, 2.75) is 20.0 Å². The number of nitrogens with two attached hydrogens (primary N) is 1. The van der Waals surface area contributed by atoms with Gasteiger partial charge in [0.1, 0.15) is 13.2 Å². The zero-order valence-corrected chi connectivity index (χ0v) is 8.14. The average molecular weight is 198 g/mol. The molecule has 6 nitrogen and oxygen atoms in total. The van der Waals surface area contributed by atoms with Gasteiger partial charge in [0.25, 0.3) is 0 Å². The molecule has 0 bridgehead atoms. The first-order valence-corrected chi connectivity index (χ1v) is 4.44. The molecular weight excluding hydrogens is 184 g/mol. The number of carbonyl (C=O) groups is 1. The van der Waals surface area contributed by atoms with Crippen molar-refractivity contribution in [1.82, 2.24) is 15.0 Å². The molecule has 1 heterocycles. The Morgan fingerprint density at radius 3 is 3.07 bits per heavy atom. The van der Waals surface area contributed by atoms with E-state index in [-0.39, 0.29) is 18.9 Å². The molecule has 0 aromatic carbocycles. The molecule has 0 fully saturated rings. The molecular formula is C8H14N4O2. The maximum Gasteiger partial charge on any atom is 0.179 e. The SMILES string of the molecule is CCOCC(=O)Cn1cc(CN)nn1. The first-order chi connectivity index (χ1) is 6.76. The number of ketones is 1. The summed E-state index contributed by atoms with van der Waals surface area (Å²) in [6.07, 6.45) is 1.66. The molecule has 78 valence electrons. The number of aromatic nitrogens is 3. The van der Waals surface area contributed by atoms with Crippen LogP contribution in [-0.4, -0.2) is 34.0 Å². The van der Waals surface area contributed by atoms with E-state index in [9.17, 15) is 4.79 Å². The zero-order valence-electron chi connectivity index (χ0n) is 8.14. The van der Waals surface area contributed by atoms with Crippen molar-refractivity contribution in [3.05, 3.63) is 11.9 Å². The summed E-state index contributed by atoms with van der Waals surface area (Å²) in [6.45, 7) is 3.02. The van der Waals surface area contributed by atoms with Crippen LogP contribution in [0.2, 0.25) is 0 Å². The second-order valence-corrected chi connectivity index (χ2v) is 2.79. The normalized spacial score (nSPS) is 10.4. The lowest BCUT2D eigenvalue weighted by atomic mass is 10.4. The minimum Gasteiger partial charge on any atom is -0.374 e. The van der Waals surface area contributed by atoms with Gasteiger partial charge in [-0.05, 0) is 6.92 Å². The Hall–Kier alpha value is -1.27. The number of carbonyl (C=O) groups excluding carboxylic acids is 1. The highest BCUT2D eigenvalue weighted by Gasteiger charge is 2.04. The predicted octanol–water partition coefficient (Wildman–Crippen LogP) is -0.658. The van der Waals surface area contributed by atoms with Crippen LogP contribution in [0.4, 0.5) is 0 Å². The minimum absolute atomic E-state index is 0.0275. The van der Waals surface area contributed by atoms with Crippen molar-refractivity contribution in [2.24, 2.45) is 5.73 Å². The van der Waals surface area contributed by atoms with E-state index in [4.69, 9.17) is 10.5 Å². The molecule has 0 aliphatic rings. The molecule has 0 radical (unpaired) electrons. The van der Waals surface area contributed by atoms with E-state index in [1.807, 2.05) is 6.92 Å². The molecule has 0 saturated heterocycles. The standard InChI is InChI=1S/C8H14N4O2/c1-2-14-6-8(13)5-12-4-7(3-9)10-11-12/h4H,2-3,5-6,9H2,1H3. The van der Waals surface area contributed by atoms with Gasteiger partial charge < -0.3 is 10.5 Å². The highest BCUT2D eigenvalue weighted by atomic mass is 16.5. The van der Waals surface area contributed by atoms with E-state index < -0.39 is 0 Å². The highest BCUT2D eigenvalue weighted by Crippen LogP contribution is 1.91. The predicted molar refractivity (Wildman–Crippen MR) is 49.4 cm³/mol. The first kappa shape index (κ1) is 10.8. The van der Waals surface area contributed by atoms with Gasteiger partial charge in [0, 0.05) is 13.2 Å². The molecule has 1 aromatic rings. The van der Waals surface area contributed by atoms with Crippen molar-refractivity contribution < 1.29 is 9.53 Å². The van der Waals surface area contributed by atoms with Crippen LogP contribution in [0.3, 0.4) is 0 Å². The topological polar surface area (TPSA) is 83.0 Å². The van der Waals surface area contributed by atoms with Crippen LogP contribution in [0.1, 0.15) is 12.6 Å². The van der Waals surface area contributed by atoms with Crippen LogP contribution in [0.15, 0.2) is 6.20 Å². The van der Waals surface area contributed by atoms with Crippen LogP contribution in [-0.2, 0) is 22.6 Å². The molecule has 1 rings (SSSR count). The van der Waals surface area contributed by atoms with Crippen LogP contribution in [0.5, 0.6) is 0 Å². The average Bonchev–Trinajstić information content (AvgIpc) is 2.62. The fraction of sp³-hybridized carbons (Fsp3) is 0.625. The van der Waals surface area contributed by atoms with Gasteiger partial charge in [0.2, 0.25) is 0 Å². The second kappa shape index (κ2) is 5.46. The molecule has 0 unspecified atom stereocenters. The highest BCUT2D eigenvalue weighted by molar-refractivity contribution is 5.79. The zero-order chi connectivity index (χ0) is 10.4. The Morgan fingerprint density at radius 1 is 1.71 bits per heavy atom. The minimum atomic E-state index is -0.0275. The van der Waals surface area contributed by atoms with Crippen LogP contribution in [0, 0.1) is 0 Å². The number of Topliss-reactive ketones (excluding diaryl/α,β-unsaturated/α-hetero) is 1. The smallest absolute Gasteiger partial charge is 0.179 e. The number of ether oxygens (including phenoxy) is 1. The summed E-state index contributed by atoms with van der Waals surface area (Å²) in [5.74, 6) is -0.0275. The summed E-state index contributed by atoms with van der Waals surface area (Å²) < 4.78 is 6.43. The number of hydrogen-bond donors (Lipinski definition) is 1. The Morgan fingerprint density at radius 2 is 2.50 bits per heavy atom. The van der Waals surface area contributed by atoms with Crippen molar-refractivity contribution in [1.29, 1.82) is 0 Å². The van der Waals surface area contributed by atoms with Crippen molar-refractivity contribution >= 4 is 5.78 Å². The molecule has 0 atom stereocenters. The summed E-state index contributed by atoms with van der Waals surface area (Å²) in [7, 11) is 0.